The minimum atomic E-state index is -0.202. The van der Waals surface area contributed by atoms with E-state index in [1.165, 1.54) is 5.56 Å². The van der Waals surface area contributed by atoms with Gasteiger partial charge in [-0.05, 0) is 49.9 Å². The Hall–Kier alpha value is -3.29. The molecule has 2 aromatic rings. The molecule has 1 fully saturated rings. The number of nitrogens with two attached hydrogens (primary N) is 1. The zero-order valence-electron chi connectivity index (χ0n) is 19.0. The SMILES string of the molecule is CCNC(=NCc1cccnc1N1CCC(C(N)=O)CC1)NCCc1ccc(OC)cc1. The van der Waals surface area contributed by atoms with Crippen LogP contribution in [0.3, 0.4) is 0 Å². The van der Waals surface area contributed by atoms with Crippen molar-refractivity contribution in [2.45, 2.75) is 32.7 Å². The maximum absolute atomic E-state index is 11.5. The van der Waals surface area contributed by atoms with Gasteiger partial charge in [0.1, 0.15) is 11.6 Å². The van der Waals surface area contributed by atoms with Gasteiger partial charge in [0.2, 0.25) is 5.91 Å². The number of hydrogen-bond donors (Lipinski definition) is 3. The Labute approximate surface area is 190 Å². The van der Waals surface area contributed by atoms with E-state index in [0.29, 0.717) is 6.54 Å². The number of anilines is 1. The maximum Gasteiger partial charge on any atom is 0.220 e. The summed E-state index contributed by atoms with van der Waals surface area (Å²) in [6, 6.07) is 12.1. The van der Waals surface area contributed by atoms with Gasteiger partial charge in [0, 0.05) is 43.9 Å². The summed E-state index contributed by atoms with van der Waals surface area (Å²) >= 11 is 0. The molecule has 1 aromatic carbocycles. The molecule has 0 aliphatic carbocycles. The van der Waals surface area contributed by atoms with Crippen molar-refractivity contribution >= 4 is 17.7 Å². The zero-order chi connectivity index (χ0) is 22.8. The van der Waals surface area contributed by atoms with Gasteiger partial charge in [0.15, 0.2) is 5.96 Å². The fraction of sp³-hybridized carbons (Fsp3) is 0.458. The average molecular weight is 439 g/mol. The highest BCUT2D eigenvalue weighted by atomic mass is 16.5. The van der Waals surface area contributed by atoms with Crippen LogP contribution in [0, 0.1) is 5.92 Å². The minimum Gasteiger partial charge on any atom is -0.497 e. The lowest BCUT2D eigenvalue weighted by Gasteiger charge is -2.32. The van der Waals surface area contributed by atoms with Crippen LogP contribution >= 0.6 is 0 Å². The number of hydrogen-bond acceptors (Lipinski definition) is 5. The van der Waals surface area contributed by atoms with E-state index < -0.39 is 0 Å². The summed E-state index contributed by atoms with van der Waals surface area (Å²) in [7, 11) is 1.67. The molecule has 0 radical (unpaired) electrons. The van der Waals surface area contributed by atoms with E-state index in [1.807, 2.05) is 18.2 Å². The molecule has 1 aliphatic rings. The topological polar surface area (TPSA) is 105 Å². The van der Waals surface area contributed by atoms with Crippen LogP contribution in [0.25, 0.3) is 0 Å². The normalized spacial score (nSPS) is 14.8. The van der Waals surface area contributed by atoms with E-state index >= 15 is 0 Å². The van der Waals surface area contributed by atoms with Crippen molar-refractivity contribution < 1.29 is 9.53 Å². The van der Waals surface area contributed by atoms with Gasteiger partial charge < -0.3 is 26.0 Å². The average Bonchev–Trinajstić information content (AvgIpc) is 2.83. The first-order valence-corrected chi connectivity index (χ1v) is 11.2. The highest BCUT2D eigenvalue weighted by Gasteiger charge is 2.24. The number of ether oxygens (including phenoxy) is 1. The zero-order valence-corrected chi connectivity index (χ0v) is 19.0. The third-order valence-corrected chi connectivity index (χ3v) is 5.68. The molecule has 8 nitrogen and oxygen atoms in total. The van der Waals surface area contributed by atoms with Crippen molar-refractivity contribution in [3.63, 3.8) is 0 Å². The summed E-state index contributed by atoms with van der Waals surface area (Å²) in [4.78, 5) is 23.1. The number of carbonyl (C=O) groups is 1. The van der Waals surface area contributed by atoms with E-state index in [2.05, 4.69) is 45.6 Å². The number of carbonyl (C=O) groups excluding carboxylic acids is 1. The smallest absolute Gasteiger partial charge is 0.220 e. The second-order valence-electron chi connectivity index (χ2n) is 7.87. The van der Waals surface area contributed by atoms with Crippen LogP contribution < -0.4 is 26.0 Å². The number of piperidine rings is 1. The van der Waals surface area contributed by atoms with E-state index in [4.69, 9.17) is 15.5 Å². The summed E-state index contributed by atoms with van der Waals surface area (Å²) < 4.78 is 5.21. The molecule has 3 rings (SSSR count). The molecule has 0 saturated carbocycles. The Balaban J connectivity index is 1.59. The second-order valence-corrected chi connectivity index (χ2v) is 7.87. The lowest BCUT2D eigenvalue weighted by molar-refractivity contribution is -0.122. The quantitative estimate of drug-likeness (QED) is 0.409. The fourth-order valence-electron chi connectivity index (χ4n) is 3.84. The molecule has 1 aliphatic heterocycles. The predicted octanol–water partition coefficient (Wildman–Crippen LogP) is 2.09. The van der Waals surface area contributed by atoms with Gasteiger partial charge >= 0.3 is 0 Å². The lowest BCUT2D eigenvalue weighted by Crippen LogP contribution is -2.39. The molecule has 1 aromatic heterocycles. The first-order valence-electron chi connectivity index (χ1n) is 11.2. The first-order chi connectivity index (χ1) is 15.6. The van der Waals surface area contributed by atoms with Crippen molar-refractivity contribution in [1.29, 1.82) is 0 Å². The molecule has 8 heteroatoms. The molecular formula is C24H34N6O2. The summed E-state index contributed by atoms with van der Waals surface area (Å²) in [5.74, 6) is 2.34. The van der Waals surface area contributed by atoms with Gasteiger partial charge in [0.25, 0.3) is 0 Å². The molecule has 0 bridgehead atoms. The Morgan fingerprint density at radius 2 is 1.97 bits per heavy atom. The van der Waals surface area contributed by atoms with E-state index in [1.54, 1.807) is 13.3 Å². The van der Waals surface area contributed by atoms with Crippen LogP contribution in [0.15, 0.2) is 47.6 Å². The maximum atomic E-state index is 11.5. The van der Waals surface area contributed by atoms with Crippen LogP contribution in [0.4, 0.5) is 5.82 Å². The highest BCUT2D eigenvalue weighted by Crippen LogP contribution is 2.24. The molecule has 0 atom stereocenters. The van der Waals surface area contributed by atoms with Crippen LogP contribution in [-0.4, -0.2) is 50.1 Å². The Kier molecular flexibility index (Phi) is 8.71. The number of amides is 1. The number of aromatic nitrogens is 1. The van der Waals surface area contributed by atoms with Crippen LogP contribution in [0.1, 0.15) is 30.9 Å². The van der Waals surface area contributed by atoms with Crippen molar-refractivity contribution in [2.24, 2.45) is 16.6 Å². The number of nitrogens with zero attached hydrogens (tertiary/aromatic N) is 3. The molecule has 172 valence electrons. The Morgan fingerprint density at radius 3 is 2.62 bits per heavy atom. The molecule has 4 N–H and O–H groups in total. The third-order valence-electron chi connectivity index (χ3n) is 5.68. The van der Waals surface area contributed by atoms with Gasteiger partial charge in [0.05, 0.1) is 13.7 Å². The van der Waals surface area contributed by atoms with Crippen molar-refractivity contribution in [3.05, 3.63) is 53.7 Å². The number of methoxy groups -OCH3 is 1. The number of pyridine rings is 1. The van der Waals surface area contributed by atoms with E-state index in [-0.39, 0.29) is 11.8 Å². The summed E-state index contributed by atoms with van der Waals surface area (Å²) in [6.45, 7) is 5.70. The van der Waals surface area contributed by atoms with Crippen LogP contribution in [-0.2, 0) is 17.8 Å². The number of nitrogens with one attached hydrogen (secondary N) is 2. The van der Waals surface area contributed by atoms with E-state index in [9.17, 15) is 4.79 Å². The van der Waals surface area contributed by atoms with Gasteiger partial charge in [-0.1, -0.05) is 18.2 Å². The summed E-state index contributed by atoms with van der Waals surface area (Å²) in [5, 5.41) is 6.72. The third kappa shape index (κ3) is 6.60. The number of aliphatic imine (C=N–C) groups is 1. The van der Waals surface area contributed by atoms with Crippen LogP contribution in [0.2, 0.25) is 0 Å². The van der Waals surface area contributed by atoms with E-state index in [0.717, 1.165) is 68.5 Å². The van der Waals surface area contributed by atoms with Gasteiger partial charge in [-0.15, -0.1) is 0 Å². The summed E-state index contributed by atoms with van der Waals surface area (Å²) in [6.07, 6.45) is 4.23. The number of rotatable bonds is 9. The van der Waals surface area contributed by atoms with Crippen molar-refractivity contribution in [2.75, 3.05) is 38.2 Å². The fourth-order valence-corrected chi connectivity index (χ4v) is 3.84. The minimum absolute atomic E-state index is 0.0355. The molecule has 32 heavy (non-hydrogen) atoms. The number of benzene rings is 1. The van der Waals surface area contributed by atoms with Crippen molar-refractivity contribution in [3.8, 4) is 5.75 Å². The highest BCUT2D eigenvalue weighted by molar-refractivity contribution is 5.80. The molecule has 2 heterocycles. The van der Waals surface area contributed by atoms with Gasteiger partial charge in [-0.25, -0.2) is 9.98 Å². The first kappa shape index (κ1) is 23.4. The Bertz CT molecular complexity index is 892. The van der Waals surface area contributed by atoms with Crippen LogP contribution in [0.5, 0.6) is 5.75 Å². The number of primary amides is 1. The molecule has 0 unspecified atom stereocenters. The Morgan fingerprint density at radius 1 is 1.22 bits per heavy atom. The van der Waals surface area contributed by atoms with Crippen molar-refractivity contribution in [1.82, 2.24) is 15.6 Å². The molecule has 0 spiro atoms. The molecule has 1 saturated heterocycles. The monoisotopic (exact) mass is 438 g/mol. The standard InChI is InChI=1S/C24H34N6O2/c1-3-26-24(28-14-10-18-6-8-21(32-2)9-7-18)29-17-20-5-4-13-27-23(20)30-15-11-19(12-16-30)22(25)31/h4-9,13,19H,3,10-12,14-17H2,1-2H3,(H2,25,31)(H2,26,28,29). The molecular weight excluding hydrogens is 404 g/mol. The lowest BCUT2D eigenvalue weighted by atomic mass is 9.96. The summed E-state index contributed by atoms with van der Waals surface area (Å²) in [5.41, 5.74) is 7.78. The number of guanidine groups is 1. The van der Waals surface area contributed by atoms with Gasteiger partial charge in [-0.2, -0.15) is 0 Å². The largest absolute Gasteiger partial charge is 0.497 e. The van der Waals surface area contributed by atoms with Gasteiger partial charge in [-0.3, -0.25) is 4.79 Å². The second kappa shape index (κ2) is 11.9. The molecule has 1 amide bonds. The predicted molar refractivity (Wildman–Crippen MR) is 128 cm³/mol.